The van der Waals surface area contributed by atoms with Gasteiger partial charge in [-0.2, -0.15) is 0 Å². The van der Waals surface area contributed by atoms with Gasteiger partial charge in [0.15, 0.2) is 0 Å². The smallest absolute Gasteiger partial charge is 0.247 e. The number of hydrogen-bond donors (Lipinski definition) is 1. The van der Waals surface area contributed by atoms with Gasteiger partial charge < -0.3 is 15.0 Å². The number of hydrogen-bond acceptors (Lipinski definition) is 3. The number of likely N-dealkylation sites (N-methyl/N-ethyl adjacent to an activating group) is 1. The molecule has 0 saturated heterocycles. The second-order valence-corrected chi connectivity index (χ2v) is 7.28. The number of rotatable bonds is 9. The molecule has 2 amide bonds. The quantitative estimate of drug-likeness (QED) is 0.570. The van der Waals surface area contributed by atoms with Crippen LogP contribution in [0.4, 0.5) is 0 Å². The molecule has 3 aromatic carbocycles. The van der Waals surface area contributed by atoms with Crippen LogP contribution in [0.5, 0.6) is 5.75 Å². The maximum absolute atomic E-state index is 13.4. The Morgan fingerprint density at radius 2 is 1.48 bits per heavy atom. The van der Waals surface area contributed by atoms with Crippen molar-refractivity contribution in [3.05, 3.63) is 102 Å². The predicted molar refractivity (Wildman–Crippen MR) is 122 cm³/mol. The van der Waals surface area contributed by atoms with Gasteiger partial charge in [0, 0.05) is 20.0 Å². The Morgan fingerprint density at radius 3 is 2.06 bits per heavy atom. The Balaban J connectivity index is 1.90. The molecule has 3 rings (SSSR count). The molecule has 31 heavy (non-hydrogen) atoms. The van der Waals surface area contributed by atoms with Crippen LogP contribution < -0.4 is 10.1 Å². The lowest BCUT2D eigenvalue weighted by Crippen LogP contribution is -2.42. The van der Waals surface area contributed by atoms with Crippen molar-refractivity contribution in [1.82, 2.24) is 10.2 Å². The number of amides is 2. The zero-order valence-electron chi connectivity index (χ0n) is 18.0. The molecular formula is C26H28N2O3. The summed E-state index contributed by atoms with van der Waals surface area (Å²) in [7, 11) is 3.21. The van der Waals surface area contributed by atoms with Crippen LogP contribution in [0.25, 0.3) is 0 Å². The average Bonchev–Trinajstić information content (AvgIpc) is 2.83. The number of ether oxygens (including phenoxy) is 1. The fourth-order valence-corrected chi connectivity index (χ4v) is 3.54. The molecule has 0 heterocycles. The van der Waals surface area contributed by atoms with E-state index in [2.05, 4.69) is 5.32 Å². The minimum atomic E-state index is -0.712. The van der Waals surface area contributed by atoms with Gasteiger partial charge in [-0.15, -0.1) is 0 Å². The van der Waals surface area contributed by atoms with E-state index in [9.17, 15) is 9.59 Å². The summed E-state index contributed by atoms with van der Waals surface area (Å²) in [5.74, 6) is 0.460. The Labute approximate surface area is 183 Å². The monoisotopic (exact) mass is 416 g/mol. The number of methoxy groups -OCH3 is 1. The number of nitrogens with zero attached hydrogens (tertiary/aromatic N) is 1. The molecule has 0 unspecified atom stereocenters. The van der Waals surface area contributed by atoms with Crippen molar-refractivity contribution in [3.8, 4) is 5.75 Å². The topological polar surface area (TPSA) is 58.6 Å². The summed E-state index contributed by atoms with van der Waals surface area (Å²) in [6, 6.07) is 26.2. The first-order valence-electron chi connectivity index (χ1n) is 10.3. The minimum absolute atomic E-state index is 0.0721. The van der Waals surface area contributed by atoms with E-state index in [1.165, 1.54) is 0 Å². The Bertz CT molecular complexity index is 973. The van der Waals surface area contributed by atoms with Gasteiger partial charge in [-0.25, -0.2) is 0 Å². The second-order valence-electron chi connectivity index (χ2n) is 7.28. The number of carbonyl (C=O) groups is 2. The van der Waals surface area contributed by atoms with Gasteiger partial charge in [0.2, 0.25) is 11.8 Å². The van der Waals surface area contributed by atoms with Crippen LogP contribution in [0.1, 0.15) is 29.2 Å². The zero-order chi connectivity index (χ0) is 22.1. The van der Waals surface area contributed by atoms with Gasteiger partial charge in [0.25, 0.3) is 0 Å². The van der Waals surface area contributed by atoms with Gasteiger partial charge in [0.05, 0.1) is 7.11 Å². The van der Waals surface area contributed by atoms with E-state index in [-0.39, 0.29) is 11.8 Å². The molecule has 0 bridgehead atoms. The first kappa shape index (κ1) is 22.1. The third kappa shape index (κ3) is 5.95. The highest BCUT2D eigenvalue weighted by Gasteiger charge is 2.30. The summed E-state index contributed by atoms with van der Waals surface area (Å²) in [5, 5.41) is 2.72. The van der Waals surface area contributed by atoms with E-state index in [4.69, 9.17) is 4.74 Å². The molecule has 0 saturated carbocycles. The third-order valence-corrected chi connectivity index (χ3v) is 5.22. The third-order valence-electron chi connectivity index (χ3n) is 5.22. The Hall–Kier alpha value is -3.60. The molecule has 0 aliphatic rings. The molecule has 5 nitrogen and oxygen atoms in total. The maximum Gasteiger partial charge on any atom is 0.247 e. The molecule has 1 atom stereocenters. The Morgan fingerprint density at radius 1 is 0.871 bits per heavy atom. The van der Waals surface area contributed by atoms with Gasteiger partial charge in [0.1, 0.15) is 11.8 Å². The summed E-state index contributed by atoms with van der Waals surface area (Å²) in [6.07, 6.45) is 0.939. The molecule has 0 aliphatic carbocycles. The summed E-state index contributed by atoms with van der Waals surface area (Å²) >= 11 is 0. The molecular weight excluding hydrogens is 388 g/mol. The van der Waals surface area contributed by atoms with Crippen LogP contribution >= 0.6 is 0 Å². The predicted octanol–water partition coefficient (Wildman–Crippen LogP) is 4.14. The summed E-state index contributed by atoms with van der Waals surface area (Å²) in [5.41, 5.74) is 2.80. The van der Waals surface area contributed by atoms with Crippen molar-refractivity contribution < 1.29 is 14.3 Å². The molecule has 0 radical (unpaired) electrons. The van der Waals surface area contributed by atoms with E-state index in [0.717, 1.165) is 22.4 Å². The highest BCUT2D eigenvalue weighted by Crippen LogP contribution is 2.25. The van der Waals surface area contributed by atoms with E-state index in [1.54, 1.807) is 19.1 Å². The van der Waals surface area contributed by atoms with E-state index >= 15 is 0 Å². The van der Waals surface area contributed by atoms with E-state index < -0.39 is 6.04 Å². The maximum atomic E-state index is 13.4. The van der Waals surface area contributed by atoms with Crippen LogP contribution in [0, 0.1) is 0 Å². The molecule has 1 N–H and O–H groups in total. The van der Waals surface area contributed by atoms with Crippen LogP contribution in [0.2, 0.25) is 0 Å². The number of benzene rings is 3. The Kier molecular flexibility index (Phi) is 7.82. The fourth-order valence-electron chi connectivity index (χ4n) is 3.54. The standard InChI is InChI=1S/C26H28N2O3/c1-27-26(30)25(22-11-7-4-8-12-22)28(19-21-13-16-23(31-2)17-14-21)24(29)18-15-20-9-5-3-6-10-20/h3-14,16-17,25H,15,18-19H2,1-2H3,(H,27,30)/t25-/m0/s1. The number of carbonyl (C=O) groups excluding carboxylic acids is 2. The zero-order valence-corrected chi connectivity index (χ0v) is 18.0. The molecule has 160 valence electrons. The number of aryl methyl sites for hydroxylation is 1. The van der Waals surface area contributed by atoms with Crippen molar-refractivity contribution in [2.24, 2.45) is 0 Å². The molecule has 5 heteroatoms. The summed E-state index contributed by atoms with van der Waals surface area (Å²) in [6.45, 7) is 0.324. The van der Waals surface area contributed by atoms with Crippen LogP contribution in [0.15, 0.2) is 84.9 Å². The first-order valence-corrected chi connectivity index (χ1v) is 10.3. The highest BCUT2D eigenvalue weighted by molar-refractivity contribution is 5.88. The minimum Gasteiger partial charge on any atom is -0.497 e. The van der Waals surface area contributed by atoms with Crippen molar-refractivity contribution in [3.63, 3.8) is 0 Å². The van der Waals surface area contributed by atoms with Crippen LogP contribution in [-0.2, 0) is 22.6 Å². The summed E-state index contributed by atoms with van der Waals surface area (Å²) < 4.78 is 5.24. The lowest BCUT2D eigenvalue weighted by molar-refractivity contribution is -0.141. The lowest BCUT2D eigenvalue weighted by atomic mass is 10.0. The first-order chi connectivity index (χ1) is 15.1. The van der Waals surface area contributed by atoms with Gasteiger partial charge in [-0.05, 0) is 35.2 Å². The normalized spacial score (nSPS) is 11.4. The number of nitrogens with one attached hydrogen (secondary N) is 1. The largest absolute Gasteiger partial charge is 0.497 e. The highest BCUT2D eigenvalue weighted by atomic mass is 16.5. The van der Waals surface area contributed by atoms with E-state index in [1.807, 2.05) is 84.9 Å². The summed E-state index contributed by atoms with van der Waals surface area (Å²) in [4.78, 5) is 28.0. The lowest BCUT2D eigenvalue weighted by Gasteiger charge is -2.31. The van der Waals surface area contributed by atoms with Gasteiger partial charge in [-0.3, -0.25) is 9.59 Å². The van der Waals surface area contributed by atoms with Crippen LogP contribution in [-0.4, -0.2) is 30.9 Å². The van der Waals surface area contributed by atoms with Crippen LogP contribution in [0.3, 0.4) is 0 Å². The molecule has 0 fully saturated rings. The van der Waals surface area contributed by atoms with Crippen molar-refractivity contribution in [2.75, 3.05) is 14.2 Å². The van der Waals surface area contributed by atoms with Gasteiger partial charge >= 0.3 is 0 Å². The fraction of sp³-hybridized carbons (Fsp3) is 0.231. The van der Waals surface area contributed by atoms with Gasteiger partial charge in [-0.1, -0.05) is 72.8 Å². The molecule has 3 aromatic rings. The van der Waals surface area contributed by atoms with E-state index in [0.29, 0.717) is 19.4 Å². The van der Waals surface area contributed by atoms with Crippen molar-refractivity contribution >= 4 is 11.8 Å². The molecule has 0 spiro atoms. The molecule has 0 aliphatic heterocycles. The molecule has 0 aromatic heterocycles. The van der Waals surface area contributed by atoms with Crippen molar-refractivity contribution in [1.29, 1.82) is 0 Å². The second kappa shape index (κ2) is 11.0. The van der Waals surface area contributed by atoms with Crippen molar-refractivity contribution in [2.45, 2.75) is 25.4 Å². The SMILES string of the molecule is CNC(=O)[C@H](c1ccccc1)N(Cc1ccc(OC)cc1)C(=O)CCc1ccccc1. The average molecular weight is 417 g/mol.